The number of amides is 2. The number of ether oxygens (including phenoxy) is 2. The second kappa shape index (κ2) is 6.25. The number of carbonyl (C=O) groups excluding carboxylic acids is 2. The molecule has 2 amide bonds. The molecule has 2 heterocycles. The zero-order valence-electron chi connectivity index (χ0n) is 11.0. The highest BCUT2D eigenvalue weighted by molar-refractivity contribution is 5.85. The van der Waals surface area contributed by atoms with Gasteiger partial charge in [-0.05, 0) is 12.1 Å². The lowest BCUT2D eigenvalue weighted by molar-refractivity contribution is -0.149. The van der Waals surface area contributed by atoms with Crippen LogP contribution in [0.15, 0.2) is 35.1 Å². The molecule has 0 bridgehead atoms. The lowest BCUT2D eigenvalue weighted by Crippen LogP contribution is -2.51. The van der Waals surface area contributed by atoms with Crippen molar-refractivity contribution in [1.29, 1.82) is 0 Å². The fourth-order valence-corrected chi connectivity index (χ4v) is 1.98. The first-order valence-electron chi connectivity index (χ1n) is 6.08. The Hall–Kier alpha value is -2.28. The van der Waals surface area contributed by atoms with Gasteiger partial charge in [-0.3, -0.25) is 4.79 Å². The van der Waals surface area contributed by atoms with Crippen molar-refractivity contribution < 1.29 is 23.5 Å². The van der Waals surface area contributed by atoms with Crippen molar-refractivity contribution in [2.24, 2.45) is 5.92 Å². The zero-order chi connectivity index (χ0) is 14.5. The van der Waals surface area contributed by atoms with Crippen LogP contribution in [0.1, 0.15) is 11.8 Å². The second-order valence-electron chi connectivity index (χ2n) is 4.25. The third-order valence-corrected chi connectivity index (χ3v) is 2.90. The SMILES string of the molecule is C=C1NC(=O)N[C@H](c2ccco2)[C@H]1C(=O)OCCOC. The van der Waals surface area contributed by atoms with E-state index in [0.717, 1.165) is 0 Å². The summed E-state index contributed by atoms with van der Waals surface area (Å²) in [7, 11) is 1.51. The van der Waals surface area contributed by atoms with Gasteiger partial charge in [-0.15, -0.1) is 0 Å². The monoisotopic (exact) mass is 280 g/mol. The quantitative estimate of drug-likeness (QED) is 0.619. The molecule has 7 nitrogen and oxygen atoms in total. The van der Waals surface area contributed by atoms with Crippen LogP contribution in [0, 0.1) is 5.92 Å². The first-order chi connectivity index (χ1) is 9.63. The van der Waals surface area contributed by atoms with Gasteiger partial charge >= 0.3 is 12.0 Å². The van der Waals surface area contributed by atoms with E-state index in [2.05, 4.69) is 17.2 Å². The Labute approximate surface area is 115 Å². The van der Waals surface area contributed by atoms with Gasteiger partial charge in [0.1, 0.15) is 24.3 Å². The lowest BCUT2D eigenvalue weighted by atomic mass is 9.93. The number of methoxy groups -OCH3 is 1. The van der Waals surface area contributed by atoms with Crippen molar-refractivity contribution in [3.05, 3.63) is 36.4 Å². The molecule has 1 saturated heterocycles. The highest BCUT2D eigenvalue weighted by atomic mass is 16.6. The van der Waals surface area contributed by atoms with Crippen molar-refractivity contribution in [2.75, 3.05) is 20.3 Å². The maximum atomic E-state index is 12.1. The van der Waals surface area contributed by atoms with Crippen LogP contribution in [0.25, 0.3) is 0 Å². The number of rotatable bonds is 5. The van der Waals surface area contributed by atoms with Gasteiger partial charge in [0, 0.05) is 12.8 Å². The molecule has 1 fully saturated rings. The van der Waals surface area contributed by atoms with Crippen LogP contribution in [0.4, 0.5) is 4.79 Å². The predicted octanol–water partition coefficient (Wildman–Crippen LogP) is 0.953. The minimum absolute atomic E-state index is 0.137. The molecule has 0 aliphatic carbocycles. The van der Waals surface area contributed by atoms with Gasteiger partial charge in [-0.1, -0.05) is 6.58 Å². The van der Waals surface area contributed by atoms with Crippen LogP contribution >= 0.6 is 0 Å². The largest absolute Gasteiger partial charge is 0.467 e. The lowest BCUT2D eigenvalue weighted by Gasteiger charge is -2.31. The summed E-state index contributed by atoms with van der Waals surface area (Å²) in [4.78, 5) is 23.6. The molecule has 2 N–H and O–H groups in total. The van der Waals surface area contributed by atoms with E-state index in [1.54, 1.807) is 12.1 Å². The Morgan fingerprint density at radius 1 is 1.50 bits per heavy atom. The van der Waals surface area contributed by atoms with Gasteiger partial charge in [-0.25, -0.2) is 4.79 Å². The summed E-state index contributed by atoms with van der Waals surface area (Å²) >= 11 is 0. The summed E-state index contributed by atoms with van der Waals surface area (Å²) in [6, 6.07) is 2.29. The summed E-state index contributed by atoms with van der Waals surface area (Å²) in [6.45, 7) is 4.15. The molecule has 0 aromatic carbocycles. The molecule has 1 aliphatic rings. The first-order valence-corrected chi connectivity index (χ1v) is 6.08. The minimum atomic E-state index is -0.754. The van der Waals surface area contributed by atoms with E-state index in [0.29, 0.717) is 12.4 Å². The predicted molar refractivity (Wildman–Crippen MR) is 68.6 cm³/mol. The number of hydrogen-bond acceptors (Lipinski definition) is 5. The fourth-order valence-electron chi connectivity index (χ4n) is 1.98. The van der Waals surface area contributed by atoms with Crippen LogP contribution in [-0.2, 0) is 14.3 Å². The summed E-state index contributed by atoms with van der Waals surface area (Å²) in [5.41, 5.74) is 0.276. The Kier molecular flexibility index (Phi) is 4.41. The molecule has 20 heavy (non-hydrogen) atoms. The van der Waals surface area contributed by atoms with Gasteiger partial charge in [-0.2, -0.15) is 0 Å². The molecule has 2 atom stereocenters. The molecule has 0 spiro atoms. The number of furan rings is 1. The third kappa shape index (κ3) is 3.00. The summed E-state index contributed by atoms with van der Waals surface area (Å²) in [6.07, 6.45) is 1.47. The second-order valence-corrected chi connectivity index (χ2v) is 4.25. The van der Waals surface area contributed by atoms with Crippen molar-refractivity contribution in [2.45, 2.75) is 6.04 Å². The number of urea groups is 1. The molecule has 1 aliphatic heterocycles. The normalized spacial score (nSPS) is 22.1. The van der Waals surface area contributed by atoms with Gasteiger partial charge in [0.15, 0.2) is 0 Å². The molecule has 2 rings (SSSR count). The van der Waals surface area contributed by atoms with Crippen LogP contribution in [0.2, 0.25) is 0 Å². The smallest absolute Gasteiger partial charge is 0.319 e. The first kappa shape index (κ1) is 14.1. The molecule has 7 heteroatoms. The minimum Gasteiger partial charge on any atom is -0.467 e. The third-order valence-electron chi connectivity index (χ3n) is 2.90. The molecule has 0 radical (unpaired) electrons. The highest BCUT2D eigenvalue weighted by Crippen LogP contribution is 2.30. The molecular formula is C13H16N2O5. The van der Waals surface area contributed by atoms with E-state index in [1.165, 1.54) is 13.4 Å². The summed E-state index contributed by atoms with van der Waals surface area (Å²) in [5.74, 6) is -0.786. The van der Waals surface area contributed by atoms with Crippen molar-refractivity contribution in [3.63, 3.8) is 0 Å². The van der Waals surface area contributed by atoms with Crippen molar-refractivity contribution in [3.8, 4) is 0 Å². The highest BCUT2D eigenvalue weighted by Gasteiger charge is 2.40. The number of carbonyl (C=O) groups is 2. The Balaban J connectivity index is 2.15. The average molecular weight is 280 g/mol. The molecule has 0 unspecified atom stereocenters. The summed E-state index contributed by atoms with van der Waals surface area (Å²) < 4.78 is 15.2. The Morgan fingerprint density at radius 3 is 2.95 bits per heavy atom. The van der Waals surface area contributed by atoms with Crippen LogP contribution in [0.3, 0.4) is 0 Å². The average Bonchev–Trinajstić information content (AvgIpc) is 2.91. The standard InChI is InChI=1S/C13H16N2O5/c1-8-10(12(16)20-7-6-18-2)11(15-13(17)14-8)9-4-3-5-19-9/h3-5,10-11H,1,6-7H2,2H3,(H2,14,15,17)/t10-,11+/m0/s1. The van der Waals surface area contributed by atoms with Crippen LogP contribution in [-0.4, -0.2) is 32.3 Å². The molecule has 108 valence electrons. The van der Waals surface area contributed by atoms with Crippen molar-refractivity contribution >= 4 is 12.0 Å². The number of esters is 1. The van der Waals surface area contributed by atoms with E-state index in [-0.39, 0.29) is 12.3 Å². The maximum absolute atomic E-state index is 12.1. The van der Waals surface area contributed by atoms with E-state index < -0.39 is 24.0 Å². The fraction of sp³-hybridized carbons (Fsp3) is 0.385. The Bertz CT molecular complexity index is 497. The van der Waals surface area contributed by atoms with Crippen LogP contribution in [0.5, 0.6) is 0 Å². The van der Waals surface area contributed by atoms with E-state index in [1.807, 2.05) is 0 Å². The Morgan fingerprint density at radius 2 is 2.30 bits per heavy atom. The number of hydrogen-bond donors (Lipinski definition) is 2. The van der Waals surface area contributed by atoms with Gasteiger partial charge < -0.3 is 24.5 Å². The van der Waals surface area contributed by atoms with Crippen LogP contribution < -0.4 is 10.6 Å². The van der Waals surface area contributed by atoms with Crippen molar-refractivity contribution in [1.82, 2.24) is 10.6 Å². The number of nitrogens with one attached hydrogen (secondary N) is 2. The maximum Gasteiger partial charge on any atom is 0.319 e. The molecule has 1 aromatic heterocycles. The van der Waals surface area contributed by atoms with E-state index in [9.17, 15) is 9.59 Å². The van der Waals surface area contributed by atoms with E-state index in [4.69, 9.17) is 13.9 Å². The molecule has 1 aromatic rings. The zero-order valence-corrected chi connectivity index (χ0v) is 11.0. The summed E-state index contributed by atoms with van der Waals surface area (Å²) in [5, 5.41) is 5.11. The molecule has 0 saturated carbocycles. The topological polar surface area (TPSA) is 89.8 Å². The van der Waals surface area contributed by atoms with Gasteiger partial charge in [0.2, 0.25) is 0 Å². The van der Waals surface area contributed by atoms with Gasteiger partial charge in [0.05, 0.1) is 12.9 Å². The van der Waals surface area contributed by atoms with E-state index >= 15 is 0 Å². The molecular weight excluding hydrogens is 264 g/mol. The van der Waals surface area contributed by atoms with Gasteiger partial charge in [0.25, 0.3) is 0 Å².